The van der Waals surface area contributed by atoms with Crippen LogP contribution in [-0.2, 0) is 11.3 Å². The molecule has 0 spiro atoms. The van der Waals surface area contributed by atoms with Crippen molar-refractivity contribution < 1.29 is 4.79 Å². The zero-order chi connectivity index (χ0) is 16.5. The minimum Gasteiger partial charge on any atom is -0.355 e. The quantitative estimate of drug-likeness (QED) is 0.793. The van der Waals surface area contributed by atoms with Crippen molar-refractivity contribution in [2.75, 3.05) is 39.3 Å². The first-order valence-corrected chi connectivity index (χ1v) is 8.85. The van der Waals surface area contributed by atoms with Gasteiger partial charge in [0.05, 0.1) is 5.69 Å². The van der Waals surface area contributed by atoms with Crippen LogP contribution in [0.25, 0.3) is 0 Å². The molecule has 0 atom stereocenters. The number of rotatable bonds is 8. The molecule has 23 heavy (non-hydrogen) atoms. The molecule has 1 aromatic rings. The summed E-state index contributed by atoms with van der Waals surface area (Å²) < 4.78 is 0. The Morgan fingerprint density at radius 3 is 2.65 bits per heavy atom. The van der Waals surface area contributed by atoms with Gasteiger partial charge in [-0.1, -0.05) is 19.9 Å². The zero-order valence-corrected chi connectivity index (χ0v) is 14.5. The Bertz CT molecular complexity index is 453. The van der Waals surface area contributed by atoms with Crippen LogP contribution in [0.3, 0.4) is 0 Å². The molecule has 0 aromatic carbocycles. The third-order valence-electron chi connectivity index (χ3n) is 4.69. The summed E-state index contributed by atoms with van der Waals surface area (Å²) in [5, 5.41) is 3.10. The van der Waals surface area contributed by atoms with Crippen LogP contribution >= 0.6 is 0 Å². The summed E-state index contributed by atoms with van der Waals surface area (Å²) in [4.78, 5) is 21.4. The van der Waals surface area contributed by atoms with Crippen LogP contribution in [-0.4, -0.2) is 60.0 Å². The Balaban J connectivity index is 1.66. The van der Waals surface area contributed by atoms with Crippen molar-refractivity contribution in [3.63, 3.8) is 0 Å². The standard InChI is InChI=1S/C18H30N4O/c1-3-21(4-2)14-11-20-18(23)16-8-12-22(13-9-16)15-17-7-5-6-10-19-17/h5-7,10,16H,3-4,8-9,11-15H2,1-2H3,(H,20,23). The van der Waals surface area contributed by atoms with Gasteiger partial charge in [0, 0.05) is 31.7 Å². The van der Waals surface area contributed by atoms with E-state index in [0.717, 1.165) is 64.3 Å². The van der Waals surface area contributed by atoms with Gasteiger partial charge in [-0.15, -0.1) is 0 Å². The second kappa shape index (κ2) is 9.63. The summed E-state index contributed by atoms with van der Waals surface area (Å²) >= 11 is 0. The molecule has 0 bridgehead atoms. The van der Waals surface area contributed by atoms with Crippen LogP contribution < -0.4 is 5.32 Å². The number of likely N-dealkylation sites (N-methyl/N-ethyl adjacent to an activating group) is 1. The van der Waals surface area contributed by atoms with E-state index in [-0.39, 0.29) is 11.8 Å². The first kappa shape index (κ1) is 17.9. The lowest BCUT2D eigenvalue weighted by Gasteiger charge is -2.31. The Morgan fingerprint density at radius 1 is 1.30 bits per heavy atom. The van der Waals surface area contributed by atoms with Gasteiger partial charge < -0.3 is 10.2 Å². The molecular weight excluding hydrogens is 288 g/mol. The van der Waals surface area contributed by atoms with E-state index in [1.165, 1.54) is 0 Å². The van der Waals surface area contributed by atoms with Gasteiger partial charge >= 0.3 is 0 Å². The molecule has 5 heteroatoms. The predicted octanol–water partition coefficient (Wildman–Crippen LogP) is 1.75. The largest absolute Gasteiger partial charge is 0.355 e. The minimum absolute atomic E-state index is 0.173. The van der Waals surface area contributed by atoms with Crippen LogP contribution in [0.2, 0.25) is 0 Å². The van der Waals surface area contributed by atoms with Crippen molar-refractivity contribution in [1.82, 2.24) is 20.1 Å². The highest BCUT2D eigenvalue weighted by Gasteiger charge is 2.24. The Kier molecular flexibility index (Phi) is 7.49. The molecule has 1 fully saturated rings. The molecule has 1 aliphatic rings. The number of carbonyl (C=O) groups is 1. The molecule has 1 amide bonds. The van der Waals surface area contributed by atoms with Crippen molar-refractivity contribution in [3.05, 3.63) is 30.1 Å². The number of nitrogens with one attached hydrogen (secondary N) is 1. The topological polar surface area (TPSA) is 48.5 Å². The van der Waals surface area contributed by atoms with Gasteiger partial charge in [0.2, 0.25) is 5.91 Å². The second-order valence-corrected chi connectivity index (χ2v) is 6.19. The van der Waals surface area contributed by atoms with Gasteiger partial charge in [0.1, 0.15) is 0 Å². The van der Waals surface area contributed by atoms with Crippen molar-refractivity contribution >= 4 is 5.91 Å². The number of aromatic nitrogens is 1. The fourth-order valence-electron chi connectivity index (χ4n) is 3.10. The monoisotopic (exact) mass is 318 g/mol. The third-order valence-corrected chi connectivity index (χ3v) is 4.69. The lowest BCUT2D eigenvalue weighted by Crippen LogP contribution is -2.42. The Labute approximate surface area is 140 Å². The normalized spacial score (nSPS) is 16.7. The van der Waals surface area contributed by atoms with E-state index in [2.05, 4.69) is 40.0 Å². The predicted molar refractivity (Wildman–Crippen MR) is 93.0 cm³/mol. The van der Waals surface area contributed by atoms with Crippen LogP contribution in [0.15, 0.2) is 24.4 Å². The number of likely N-dealkylation sites (tertiary alicyclic amines) is 1. The highest BCUT2D eigenvalue weighted by molar-refractivity contribution is 5.78. The van der Waals surface area contributed by atoms with Gasteiger partial charge in [-0.25, -0.2) is 0 Å². The fourth-order valence-corrected chi connectivity index (χ4v) is 3.10. The van der Waals surface area contributed by atoms with Gasteiger partial charge in [-0.3, -0.25) is 14.7 Å². The maximum absolute atomic E-state index is 12.3. The number of amides is 1. The van der Waals surface area contributed by atoms with E-state index in [0.29, 0.717) is 0 Å². The number of piperidine rings is 1. The maximum Gasteiger partial charge on any atom is 0.223 e. The molecule has 2 heterocycles. The van der Waals surface area contributed by atoms with E-state index in [4.69, 9.17) is 0 Å². The molecule has 0 unspecified atom stereocenters. The molecule has 0 aliphatic carbocycles. The summed E-state index contributed by atoms with van der Waals surface area (Å²) in [6.07, 6.45) is 3.74. The van der Waals surface area contributed by atoms with E-state index < -0.39 is 0 Å². The third kappa shape index (κ3) is 5.92. The lowest BCUT2D eigenvalue weighted by molar-refractivity contribution is -0.126. The number of hydrogen-bond acceptors (Lipinski definition) is 4. The summed E-state index contributed by atoms with van der Waals surface area (Å²) in [5.41, 5.74) is 1.11. The molecule has 0 saturated carbocycles. The minimum atomic E-state index is 0.173. The number of nitrogens with zero attached hydrogens (tertiary/aromatic N) is 3. The summed E-state index contributed by atoms with van der Waals surface area (Å²) in [6, 6.07) is 6.03. The molecule has 2 rings (SSSR count). The smallest absolute Gasteiger partial charge is 0.223 e. The number of pyridine rings is 1. The fraction of sp³-hybridized carbons (Fsp3) is 0.667. The molecule has 0 radical (unpaired) electrons. The Morgan fingerprint density at radius 2 is 2.04 bits per heavy atom. The SMILES string of the molecule is CCN(CC)CCNC(=O)C1CCN(Cc2ccccn2)CC1. The zero-order valence-electron chi connectivity index (χ0n) is 14.5. The lowest BCUT2D eigenvalue weighted by atomic mass is 9.96. The summed E-state index contributed by atoms with van der Waals surface area (Å²) in [5.74, 6) is 0.404. The number of carbonyl (C=O) groups excluding carboxylic acids is 1. The van der Waals surface area contributed by atoms with Crippen LogP contribution in [0.5, 0.6) is 0 Å². The summed E-state index contributed by atoms with van der Waals surface area (Å²) in [7, 11) is 0. The van der Waals surface area contributed by atoms with Crippen LogP contribution in [0.4, 0.5) is 0 Å². The van der Waals surface area contributed by atoms with E-state index >= 15 is 0 Å². The van der Waals surface area contributed by atoms with E-state index in [9.17, 15) is 4.79 Å². The Hall–Kier alpha value is -1.46. The summed E-state index contributed by atoms with van der Waals surface area (Å²) in [6.45, 7) is 10.9. The number of hydrogen-bond donors (Lipinski definition) is 1. The highest BCUT2D eigenvalue weighted by atomic mass is 16.1. The van der Waals surface area contributed by atoms with Crippen molar-refractivity contribution in [2.24, 2.45) is 5.92 Å². The molecule has 128 valence electrons. The van der Waals surface area contributed by atoms with Crippen molar-refractivity contribution in [2.45, 2.75) is 33.2 Å². The van der Waals surface area contributed by atoms with Gasteiger partial charge in [0.25, 0.3) is 0 Å². The average Bonchev–Trinajstić information content (AvgIpc) is 2.60. The highest BCUT2D eigenvalue weighted by Crippen LogP contribution is 2.18. The van der Waals surface area contributed by atoms with Crippen molar-refractivity contribution in [3.8, 4) is 0 Å². The molecule has 1 aromatic heterocycles. The molecule has 5 nitrogen and oxygen atoms in total. The van der Waals surface area contributed by atoms with Gasteiger partial charge in [0.15, 0.2) is 0 Å². The van der Waals surface area contributed by atoms with E-state index in [1.54, 1.807) is 0 Å². The van der Waals surface area contributed by atoms with Gasteiger partial charge in [-0.05, 0) is 51.2 Å². The van der Waals surface area contributed by atoms with Crippen LogP contribution in [0.1, 0.15) is 32.4 Å². The maximum atomic E-state index is 12.3. The molecule has 1 aliphatic heterocycles. The van der Waals surface area contributed by atoms with Crippen molar-refractivity contribution in [1.29, 1.82) is 0 Å². The second-order valence-electron chi connectivity index (χ2n) is 6.19. The first-order valence-electron chi connectivity index (χ1n) is 8.85. The molecule has 1 saturated heterocycles. The first-order chi connectivity index (χ1) is 11.2. The molecule has 1 N–H and O–H groups in total. The molecular formula is C18H30N4O. The van der Waals surface area contributed by atoms with Gasteiger partial charge in [-0.2, -0.15) is 0 Å². The van der Waals surface area contributed by atoms with E-state index in [1.807, 2.05) is 18.3 Å². The average molecular weight is 318 g/mol. The van der Waals surface area contributed by atoms with Crippen LogP contribution in [0, 0.1) is 5.92 Å².